The van der Waals surface area contributed by atoms with Crippen LogP contribution in [0.1, 0.15) is 48.5 Å². The van der Waals surface area contributed by atoms with E-state index in [0.717, 1.165) is 25.0 Å². The molecule has 184 valence electrons. The predicted molar refractivity (Wildman–Crippen MR) is 136 cm³/mol. The molecule has 1 saturated carbocycles. The molecule has 2 aromatic heterocycles. The van der Waals surface area contributed by atoms with Crippen molar-refractivity contribution in [2.45, 2.75) is 39.2 Å². The molecule has 2 bridgehead atoms. The van der Waals surface area contributed by atoms with Crippen molar-refractivity contribution >= 4 is 24.0 Å². The van der Waals surface area contributed by atoms with Crippen LogP contribution >= 0.6 is 0 Å². The highest BCUT2D eigenvalue weighted by Crippen LogP contribution is 2.37. The number of allylic oxidation sites excluding steroid dienone is 4. The van der Waals surface area contributed by atoms with E-state index < -0.39 is 11.7 Å². The lowest BCUT2D eigenvalue weighted by Gasteiger charge is -2.16. The highest BCUT2D eigenvalue weighted by molar-refractivity contribution is 6.06. The van der Waals surface area contributed by atoms with Crippen molar-refractivity contribution < 1.29 is 13.9 Å². The first kappa shape index (κ1) is 23.6. The molecule has 0 saturated heterocycles. The van der Waals surface area contributed by atoms with E-state index in [0.29, 0.717) is 54.0 Å². The fourth-order valence-electron chi connectivity index (χ4n) is 4.15. The number of fused-ring (bicyclic) bond motifs is 5. The molecule has 1 aliphatic heterocycles. The Balaban J connectivity index is 1.51. The maximum atomic E-state index is 15.2. The second-order valence-electron chi connectivity index (χ2n) is 8.97. The molecular formula is C27H27FN6O2. The summed E-state index contributed by atoms with van der Waals surface area (Å²) >= 11 is 0. The normalized spacial score (nSPS) is 16.8. The van der Waals surface area contributed by atoms with Crippen LogP contribution < -0.4 is 10.1 Å². The number of nitrogens with zero attached hydrogens (tertiary/aromatic N) is 5. The van der Waals surface area contributed by atoms with Gasteiger partial charge in [0.25, 0.3) is 5.91 Å². The molecule has 1 aromatic carbocycles. The highest BCUT2D eigenvalue weighted by atomic mass is 19.1. The number of amides is 1. The van der Waals surface area contributed by atoms with Crippen LogP contribution in [0.4, 0.5) is 10.2 Å². The van der Waals surface area contributed by atoms with Gasteiger partial charge in [0.05, 0.1) is 12.2 Å². The summed E-state index contributed by atoms with van der Waals surface area (Å²) in [5.41, 5.74) is 2.73. The molecule has 3 heterocycles. The number of carbonyl (C=O) groups is 1. The van der Waals surface area contributed by atoms with Crippen LogP contribution in [-0.2, 0) is 6.54 Å². The van der Waals surface area contributed by atoms with Gasteiger partial charge in [0.15, 0.2) is 5.82 Å². The van der Waals surface area contributed by atoms with E-state index >= 15 is 4.39 Å². The molecule has 5 rings (SSSR count). The van der Waals surface area contributed by atoms with E-state index in [9.17, 15) is 4.79 Å². The van der Waals surface area contributed by atoms with Crippen molar-refractivity contribution in [3.05, 3.63) is 71.5 Å². The Labute approximate surface area is 208 Å². The Morgan fingerprint density at radius 1 is 1.28 bits per heavy atom. The van der Waals surface area contributed by atoms with Crippen LogP contribution in [-0.4, -0.2) is 39.0 Å². The molecule has 9 heteroatoms. The third-order valence-corrected chi connectivity index (χ3v) is 6.31. The molecule has 0 radical (unpaired) electrons. The van der Waals surface area contributed by atoms with E-state index in [1.54, 1.807) is 25.4 Å². The number of benzene rings is 1. The van der Waals surface area contributed by atoms with Crippen LogP contribution in [0, 0.1) is 11.7 Å². The average molecular weight is 487 g/mol. The molecule has 2 aliphatic rings. The van der Waals surface area contributed by atoms with Gasteiger partial charge in [-0.3, -0.25) is 9.79 Å². The third-order valence-electron chi connectivity index (χ3n) is 6.31. The maximum Gasteiger partial charge on any atom is 0.260 e. The number of halogens is 1. The monoisotopic (exact) mass is 486 g/mol. The van der Waals surface area contributed by atoms with Crippen molar-refractivity contribution in [1.29, 1.82) is 0 Å². The van der Waals surface area contributed by atoms with Crippen molar-refractivity contribution in [2.75, 3.05) is 11.9 Å². The van der Waals surface area contributed by atoms with E-state index in [1.807, 2.05) is 22.8 Å². The zero-order valence-corrected chi connectivity index (χ0v) is 20.1. The molecule has 8 nitrogen and oxygen atoms in total. The van der Waals surface area contributed by atoms with Crippen molar-refractivity contribution in [3.8, 4) is 17.3 Å². The zero-order chi connectivity index (χ0) is 25.1. The molecule has 1 fully saturated rings. The van der Waals surface area contributed by atoms with E-state index in [2.05, 4.69) is 32.2 Å². The summed E-state index contributed by atoms with van der Waals surface area (Å²) < 4.78 is 23.0. The van der Waals surface area contributed by atoms with Gasteiger partial charge in [-0.25, -0.2) is 9.37 Å². The lowest BCUT2D eigenvalue weighted by Crippen LogP contribution is -2.16. The number of carbonyl (C=O) groups excluding carboxylic acids is 1. The van der Waals surface area contributed by atoms with Crippen molar-refractivity contribution in [1.82, 2.24) is 19.7 Å². The summed E-state index contributed by atoms with van der Waals surface area (Å²) in [6.45, 7) is 6.46. The molecule has 1 N–H and O–H groups in total. The van der Waals surface area contributed by atoms with Gasteiger partial charge in [-0.05, 0) is 69.2 Å². The van der Waals surface area contributed by atoms with Gasteiger partial charge in [0.1, 0.15) is 29.4 Å². The van der Waals surface area contributed by atoms with E-state index in [1.165, 1.54) is 12.1 Å². The molecule has 0 spiro atoms. The molecular weight excluding hydrogens is 459 g/mol. The summed E-state index contributed by atoms with van der Waals surface area (Å²) in [4.78, 5) is 22.0. The first-order valence-corrected chi connectivity index (χ1v) is 12.0. The lowest BCUT2D eigenvalue weighted by molar-refractivity contribution is 0.102. The van der Waals surface area contributed by atoms with Gasteiger partial charge in [-0.1, -0.05) is 12.1 Å². The van der Waals surface area contributed by atoms with E-state index in [4.69, 9.17) is 4.74 Å². The predicted octanol–water partition coefficient (Wildman–Crippen LogP) is 5.30. The molecule has 36 heavy (non-hydrogen) atoms. The quantitative estimate of drug-likeness (QED) is 0.399. The highest BCUT2D eigenvalue weighted by Gasteiger charge is 2.25. The summed E-state index contributed by atoms with van der Waals surface area (Å²) in [5.74, 6) is 0.700. The topological polar surface area (TPSA) is 94.3 Å². The first-order chi connectivity index (χ1) is 17.5. The number of pyridine rings is 1. The minimum atomic E-state index is -0.460. The average Bonchev–Trinajstić information content (AvgIpc) is 3.60. The number of hydrogen-bond donors (Lipinski definition) is 1. The summed E-state index contributed by atoms with van der Waals surface area (Å²) in [6.07, 6.45) is 9.03. The molecule has 1 aliphatic carbocycles. The number of aromatic nitrogens is 4. The fourth-order valence-corrected chi connectivity index (χ4v) is 4.15. The molecule has 0 unspecified atom stereocenters. The summed E-state index contributed by atoms with van der Waals surface area (Å²) in [6, 6.07) is 8.12. The van der Waals surface area contributed by atoms with Crippen LogP contribution in [0.2, 0.25) is 0 Å². The standard InChI is InChI=1S/C27H27FN6O2/c1-17(8-11-22(29-2)18-9-10-18)19-14-20-24(15-21(19)28)36-13-4-3-12-34-16-30-33-26(34)23-6-5-7-25(31-23)32-27(20)35/h5-8,11,14-16,18H,2-4,9-10,12-13H2,1H3,(H,31,32,35)/b17-8+,22-11-. The van der Waals surface area contributed by atoms with Crippen LogP contribution in [0.25, 0.3) is 17.1 Å². The second-order valence-corrected chi connectivity index (χ2v) is 8.97. The zero-order valence-electron chi connectivity index (χ0n) is 20.1. The largest absolute Gasteiger partial charge is 0.493 e. The minimum absolute atomic E-state index is 0.196. The number of nitrogens with one attached hydrogen (secondary N) is 1. The lowest BCUT2D eigenvalue weighted by atomic mass is 10.0. The Kier molecular flexibility index (Phi) is 6.71. The SMILES string of the molecule is C=N/C(=C\C=C(/C)c1cc2c(cc1F)OCCCCn1cnnc1-c1cccc(n1)NC2=O)C1CC1. The number of aryl methyl sites for hydroxylation is 1. The Hall–Kier alpha value is -4.14. The number of hydrogen-bond acceptors (Lipinski definition) is 6. The Bertz CT molecular complexity index is 1370. The molecule has 0 atom stereocenters. The first-order valence-electron chi connectivity index (χ1n) is 12.0. The van der Waals surface area contributed by atoms with Gasteiger partial charge in [0.2, 0.25) is 0 Å². The smallest absolute Gasteiger partial charge is 0.260 e. The Morgan fingerprint density at radius 2 is 2.14 bits per heavy atom. The van der Waals surface area contributed by atoms with Gasteiger partial charge in [0, 0.05) is 29.8 Å². The van der Waals surface area contributed by atoms with Crippen LogP contribution in [0.15, 0.2) is 59.5 Å². The van der Waals surface area contributed by atoms with Gasteiger partial charge >= 0.3 is 0 Å². The number of ether oxygens (including phenoxy) is 1. The van der Waals surface area contributed by atoms with Gasteiger partial charge < -0.3 is 14.6 Å². The van der Waals surface area contributed by atoms with E-state index in [-0.39, 0.29) is 11.3 Å². The van der Waals surface area contributed by atoms with Crippen LogP contribution in [0.3, 0.4) is 0 Å². The number of aliphatic imine (C=N–C) groups is 1. The van der Waals surface area contributed by atoms with Crippen LogP contribution in [0.5, 0.6) is 5.75 Å². The number of rotatable bonds is 4. The number of anilines is 1. The van der Waals surface area contributed by atoms with Gasteiger partial charge in [-0.15, -0.1) is 10.2 Å². The second kappa shape index (κ2) is 10.2. The summed E-state index contributed by atoms with van der Waals surface area (Å²) in [7, 11) is 0. The van der Waals surface area contributed by atoms with Gasteiger partial charge in [-0.2, -0.15) is 0 Å². The molecule has 3 aromatic rings. The maximum absolute atomic E-state index is 15.2. The van der Waals surface area contributed by atoms with Crippen molar-refractivity contribution in [3.63, 3.8) is 0 Å². The third kappa shape index (κ3) is 5.10. The Morgan fingerprint density at radius 3 is 2.94 bits per heavy atom. The summed E-state index contributed by atoms with van der Waals surface area (Å²) in [5, 5.41) is 11.0. The molecule has 1 amide bonds. The van der Waals surface area contributed by atoms with Crippen molar-refractivity contribution in [2.24, 2.45) is 10.9 Å². The fraction of sp³-hybridized carbons (Fsp3) is 0.296. The minimum Gasteiger partial charge on any atom is -0.493 e.